The Bertz CT molecular complexity index is 577. The summed E-state index contributed by atoms with van der Waals surface area (Å²) in [6, 6.07) is 5.04. The van der Waals surface area contributed by atoms with Crippen LogP contribution in [0.2, 0.25) is 0 Å². The third-order valence-corrected chi connectivity index (χ3v) is 3.64. The Morgan fingerprint density at radius 2 is 2.05 bits per heavy atom. The first-order valence-electron chi connectivity index (χ1n) is 7.39. The topological polar surface area (TPSA) is 51.0 Å². The molecule has 0 spiro atoms. The molecule has 1 N–H and O–H groups in total. The van der Waals surface area contributed by atoms with Crippen molar-refractivity contribution in [1.82, 2.24) is 15.5 Å². The van der Waals surface area contributed by atoms with Gasteiger partial charge in [0, 0.05) is 11.6 Å². The second kappa shape index (κ2) is 6.80. The SMILES string of the molecule is CCNC(CC)C(C)c1nc(-c2cc(C)cc(F)c2)no1. The van der Waals surface area contributed by atoms with Crippen molar-refractivity contribution in [2.75, 3.05) is 6.54 Å². The van der Waals surface area contributed by atoms with E-state index in [1.165, 1.54) is 12.1 Å². The van der Waals surface area contributed by atoms with Crippen molar-refractivity contribution >= 4 is 0 Å². The molecule has 0 saturated heterocycles. The minimum atomic E-state index is -0.288. The summed E-state index contributed by atoms with van der Waals surface area (Å²) in [6.07, 6.45) is 0.978. The van der Waals surface area contributed by atoms with Gasteiger partial charge in [-0.1, -0.05) is 25.9 Å². The molecule has 21 heavy (non-hydrogen) atoms. The molecular formula is C16H22FN3O. The quantitative estimate of drug-likeness (QED) is 0.882. The van der Waals surface area contributed by atoms with Gasteiger partial charge in [0.05, 0.1) is 5.92 Å². The summed E-state index contributed by atoms with van der Waals surface area (Å²) < 4.78 is 18.8. The molecule has 1 aromatic heterocycles. The van der Waals surface area contributed by atoms with Crippen molar-refractivity contribution in [3.8, 4) is 11.4 Å². The molecule has 0 amide bonds. The van der Waals surface area contributed by atoms with Gasteiger partial charge >= 0.3 is 0 Å². The maximum Gasteiger partial charge on any atom is 0.231 e. The zero-order chi connectivity index (χ0) is 15.4. The molecule has 2 unspecified atom stereocenters. The van der Waals surface area contributed by atoms with Crippen LogP contribution >= 0.6 is 0 Å². The van der Waals surface area contributed by atoms with Gasteiger partial charge in [-0.05, 0) is 43.7 Å². The number of nitrogens with zero attached hydrogens (tertiary/aromatic N) is 2. The predicted molar refractivity (Wildman–Crippen MR) is 80.6 cm³/mol. The number of halogens is 1. The van der Waals surface area contributed by atoms with Crippen molar-refractivity contribution in [3.05, 3.63) is 35.5 Å². The van der Waals surface area contributed by atoms with Crippen molar-refractivity contribution in [3.63, 3.8) is 0 Å². The zero-order valence-electron chi connectivity index (χ0n) is 13.0. The van der Waals surface area contributed by atoms with Crippen LogP contribution in [0.4, 0.5) is 4.39 Å². The van der Waals surface area contributed by atoms with Crippen molar-refractivity contribution in [2.45, 2.75) is 46.1 Å². The molecule has 0 fully saturated rings. The van der Waals surface area contributed by atoms with Crippen LogP contribution in [0.25, 0.3) is 11.4 Å². The Morgan fingerprint density at radius 1 is 1.29 bits per heavy atom. The molecule has 4 nitrogen and oxygen atoms in total. The molecule has 0 bridgehead atoms. The second-order valence-electron chi connectivity index (χ2n) is 5.33. The Kier molecular flexibility index (Phi) is 5.07. The summed E-state index contributed by atoms with van der Waals surface area (Å²) in [5.74, 6) is 0.847. The van der Waals surface area contributed by atoms with Crippen molar-refractivity contribution in [1.29, 1.82) is 0 Å². The predicted octanol–water partition coefficient (Wildman–Crippen LogP) is 3.68. The molecule has 1 heterocycles. The number of aryl methyl sites for hydroxylation is 1. The normalized spacial score (nSPS) is 14.1. The van der Waals surface area contributed by atoms with Crippen molar-refractivity contribution in [2.24, 2.45) is 0 Å². The van der Waals surface area contributed by atoms with E-state index in [1.54, 1.807) is 0 Å². The lowest BCUT2D eigenvalue weighted by Crippen LogP contribution is -2.33. The highest BCUT2D eigenvalue weighted by Gasteiger charge is 2.22. The number of likely N-dealkylation sites (N-methyl/N-ethyl adjacent to an activating group) is 1. The van der Waals surface area contributed by atoms with Crippen LogP contribution in [0.5, 0.6) is 0 Å². The molecular weight excluding hydrogens is 269 g/mol. The number of nitrogens with one attached hydrogen (secondary N) is 1. The Labute approximate surface area is 124 Å². The van der Waals surface area contributed by atoms with E-state index < -0.39 is 0 Å². The number of hydrogen-bond donors (Lipinski definition) is 1. The van der Waals surface area contributed by atoms with E-state index in [1.807, 2.05) is 13.0 Å². The van der Waals surface area contributed by atoms with Gasteiger partial charge in [-0.2, -0.15) is 4.98 Å². The van der Waals surface area contributed by atoms with Crippen LogP contribution in [0.15, 0.2) is 22.7 Å². The van der Waals surface area contributed by atoms with E-state index in [2.05, 4.69) is 36.2 Å². The molecule has 114 valence electrons. The highest BCUT2D eigenvalue weighted by molar-refractivity contribution is 5.55. The number of aromatic nitrogens is 2. The standard InChI is InChI=1S/C16H22FN3O/c1-5-14(18-6-2)11(4)16-19-15(20-21-16)12-7-10(3)8-13(17)9-12/h7-9,11,14,18H,5-6H2,1-4H3. The first-order chi connectivity index (χ1) is 10.0. The Morgan fingerprint density at radius 3 is 2.67 bits per heavy atom. The van der Waals surface area contributed by atoms with Crippen LogP contribution in [0.3, 0.4) is 0 Å². The van der Waals surface area contributed by atoms with Gasteiger partial charge < -0.3 is 9.84 Å². The average molecular weight is 291 g/mol. The van der Waals surface area contributed by atoms with Crippen LogP contribution in [0.1, 0.15) is 44.6 Å². The fourth-order valence-electron chi connectivity index (χ4n) is 2.51. The summed E-state index contributed by atoms with van der Waals surface area (Å²) in [5, 5.41) is 7.40. The summed E-state index contributed by atoms with van der Waals surface area (Å²) in [5.41, 5.74) is 1.48. The fourth-order valence-corrected chi connectivity index (χ4v) is 2.51. The molecule has 0 saturated carbocycles. The second-order valence-corrected chi connectivity index (χ2v) is 5.33. The van der Waals surface area contributed by atoms with Crippen LogP contribution in [-0.4, -0.2) is 22.7 Å². The fraction of sp³-hybridized carbons (Fsp3) is 0.500. The van der Waals surface area contributed by atoms with Gasteiger partial charge in [0.25, 0.3) is 0 Å². The lowest BCUT2D eigenvalue weighted by Gasteiger charge is -2.20. The monoisotopic (exact) mass is 291 g/mol. The lowest BCUT2D eigenvalue weighted by molar-refractivity contribution is 0.321. The highest BCUT2D eigenvalue weighted by Crippen LogP contribution is 2.24. The van der Waals surface area contributed by atoms with E-state index >= 15 is 0 Å². The zero-order valence-corrected chi connectivity index (χ0v) is 13.0. The molecule has 0 aliphatic rings. The van der Waals surface area contributed by atoms with Gasteiger partial charge in [0.15, 0.2) is 0 Å². The first-order valence-corrected chi connectivity index (χ1v) is 7.39. The van der Waals surface area contributed by atoms with Gasteiger partial charge in [-0.25, -0.2) is 4.39 Å². The molecule has 0 aliphatic heterocycles. The third kappa shape index (κ3) is 3.67. The lowest BCUT2D eigenvalue weighted by atomic mass is 9.99. The average Bonchev–Trinajstić information content (AvgIpc) is 2.92. The first kappa shape index (κ1) is 15.6. The summed E-state index contributed by atoms with van der Waals surface area (Å²) >= 11 is 0. The molecule has 2 atom stereocenters. The minimum Gasteiger partial charge on any atom is -0.339 e. The largest absolute Gasteiger partial charge is 0.339 e. The summed E-state index contributed by atoms with van der Waals surface area (Å²) in [6.45, 7) is 8.99. The highest BCUT2D eigenvalue weighted by atomic mass is 19.1. The van der Waals surface area contributed by atoms with Crippen LogP contribution in [-0.2, 0) is 0 Å². The van der Waals surface area contributed by atoms with Crippen molar-refractivity contribution < 1.29 is 8.91 Å². The maximum atomic E-state index is 13.5. The summed E-state index contributed by atoms with van der Waals surface area (Å²) in [7, 11) is 0. The van der Waals surface area contributed by atoms with Gasteiger partial charge in [0.2, 0.25) is 11.7 Å². The maximum absolute atomic E-state index is 13.5. The van der Waals surface area contributed by atoms with Crippen LogP contribution < -0.4 is 5.32 Å². The number of rotatable bonds is 6. The van der Waals surface area contributed by atoms with Gasteiger partial charge in [0.1, 0.15) is 5.82 Å². The van der Waals surface area contributed by atoms with E-state index in [9.17, 15) is 4.39 Å². The number of hydrogen-bond acceptors (Lipinski definition) is 4. The molecule has 2 aromatic rings. The Balaban J connectivity index is 2.24. The van der Waals surface area contributed by atoms with E-state index in [4.69, 9.17) is 4.52 Å². The van der Waals surface area contributed by atoms with E-state index in [-0.39, 0.29) is 17.8 Å². The summed E-state index contributed by atoms with van der Waals surface area (Å²) in [4.78, 5) is 4.43. The molecule has 0 radical (unpaired) electrons. The molecule has 2 rings (SSSR count). The Hall–Kier alpha value is -1.75. The number of benzene rings is 1. The molecule has 5 heteroatoms. The molecule has 1 aromatic carbocycles. The third-order valence-electron chi connectivity index (χ3n) is 3.64. The molecule has 0 aliphatic carbocycles. The minimum absolute atomic E-state index is 0.117. The van der Waals surface area contributed by atoms with Gasteiger partial charge in [-0.3, -0.25) is 0 Å². The smallest absolute Gasteiger partial charge is 0.231 e. The van der Waals surface area contributed by atoms with E-state index in [0.29, 0.717) is 17.3 Å². The van der Waals surface area contributed by atoms with E-state index in [0.717, 1.165) is 18.5 Å². The van der Waals surface area contributed by atoms with Gasteiger partial charge in [-0.15, -0.1) is 0 Å². The van der Waals surface area contributed by atoms with Crippen LogP contribution in [0, 0.1) is 12.7 Å².